The highest BCUT2D eigenvalue weighted by atomic mass is 16.5. The minimum absolute atomic E-state index is 0.186. The Hall–Kier alpha value is -2.53. The molecule has 0 N–H and O–H groups in total. The van der Waals surface area contributed by atoms with Gasteiger partial charge in [0.2, 0.25) is 5.91 Å². The van der Waals surface area contributed by atoms with Crippen LogP contribution in [0.1, 0.15) is 18.4 Å². The summed E-state index contributed by atoms with van der Waals surface area (Å²) in [7, 11) is 1.69. The number of benzene rings is 2. The summed E-state index contributed by atoms with van der Waals surface area (Å²) in [5.74, 6) is 1.44. The molecule has 0 spiro atoms. The largest absolute Gasteiger partial charge is 0.497 e. The highest BCUT2D eigenvalue weighted by Gasteiger charge is 2.30. The number of likely N-dealkylation sites (tertiary alicyclic amines) is 1. The van der Waals surface area contributed by atoms with Crippen molar-refractivity contribution in [2.45, 2.75) is 19.4 Å². The molecule has 0 aliphatic carbocycles. The lowest BCUT2D eigenvalue weighted by Crippen LogP contribution is -2.51. The molecule has 1 amide bonds. The predicted molar refractivity (Wildman–Crippen MR) is 116 cm³/mol. The monoisotopic (exact) mass is 393 g/mol. The number of piperazine rings is 1. The van der Waals surface area contributed by atoms with Gasteiger partial charge >= 0.3 is 0 Å². The van der Waals surface area contributed by atoms with Crippen LogP contribution in [-0.2, 0) is 11.3 Å². The standard InChI is InChI=1S/C24H31N3O2/c1-29-23-9-7-20(8-10-23)19-25-13-11-21(12-14-25)24(28)27-17-15-26(16-18-27)22-5-3-2-4-6-22/h2-10,21H,11-19H2,1H3. The maximum Gasteiger partial charge on any atom is 0.225 e. The Labute approximate surface area is 173 Å². The van der Waals surface area contributed by atoms with Gasteiger partial charge in [0.15, 0.2) is 0 Å². The summed E-state index contributed by atoms with van der Waals surface area (Å²) in [4.78, 5) is 19.9. The SMILES string of the molecule is COc1ccc(CN2CCC(C(=O)N3CCN(c4ccccc4)CC3)CC2)cc1. The number of hydrogen-bond donors (Lipinski definition) is 0. The minimum atomic E-state index is 0.186. The van der Waals surface area contributed by atoms with Gasteiger partial charge < -0.3 is 14.5 Å². The summed E-state index contributed by atoms with van der Waals surface area (Å²) >= 11 is 0. The van der Waals surface area contributed by atoms with Crippen LogP contribution in [0.25, 0.3) is 0 Å². The third kappa shape index (κ3) is 4.91. The number of nitrogens with zero attached hydrogens (tertiary/aromatic N) is 3. The van der Waals surface area contributed by atoms with Crippen molar-refractivity contribution in [3.05, 3.63) is 60.2 Å². The molecule has 0 radical (unpaired) electrons. The Morgan fingerprint density at radius 2 is 1.55 bits per heavy atom. The molecule has 2 aromatic carbocycles. The molecule has 5 heteroatoms. The average Bonchev–Trinajstić information content (AvgIpc) is 2.80. The second kappa shape index (κ2) is 9.31. The first kappa shape index (κ1) is 19.8. The van der Waals surface area contributed by atoms with Gasteiger partial charge in [-0.2, -0.15) is 0 Å². The Morgan fingerprint density at radius 3 is 2.17 bits per heavy atom. The molecular weight excluding hydrogens is 362 g/mol. The van der Waals surface area contributed by atoms with Crippen LogP contribution < -0.4 is 9.64 Å². The minimum Gasteiger partial charge on any atom is -0.497 e. The number of carbonyl (C=O) groups excluding carboxylic acids is 1. The van der Waals surface area contributed by atoms with E-state index < -0.39 is 0 Å². The van der Waals surface area contributed by atoms with Gasteiger partial charge in [-0.05, 0) is 55.8 Å². The maximum absolute atomic E-state index is 13.0. The van der Waals surface area contributed by atoms with Gasteiger partial charge in [0.05, 0.1) is 7.11 Å². The molecule has 2 aliphatic heterocycles. The molecule has 154 valence electrons. The van der Waals surface area contributed by atoms with E-state index in [0.29, 0.717) is 5.91 Å². The number of para-hydroxylation sites is 1. The highest BCUT2D eigenvalue weighted by Crippen LogP contribution is 2.23. The van der Waals surface area contributed by atoms with Gasteiger partial charge in [0.1, 0.15) is 5.75 Å². The van der Waals surface area contributed by atoms with Crippen LogP contribution in [-0.4, -0.2) is 62.1 Å². The summed E-state index contributed by atoms with van der Waals surface area (Å²) in [5, 5.41) is 0. The quantitative estimate of drug-likeness (QED) is 0.781. The summed E-state index contributed by atoms with van der Waals surface area (Å²) in [5.41, 5.74) is 2.55. The second-order valence-electron chi connectivity index (χ2n) is 8.05. The Kier molecular flexibility index (Phi) is 6.35. The lowest BCUT2D eigenvalue weighted by molar-refractivity contribution is -0.137. The van der Waals surface area contributed by atoms with Crippen LogP contribution in [0.15, 0.2) is 54.6 Å². The zero-order chi connectivity index (χ0) is 20.1. The lowest BCUT2D eigenvalue weighted by atomic mass is 9.94. The number of rotatable bonds is 5. The molecule has 2 heterocycles. The van der Waals surface area contributed by atoms with E-state index >= 15 is 0 Å². The van der Waals surface area contributed by atoms with Gasteiger partial charge in [-0.25, -0.2) is 0 Å². The van der Waals surface area contributed by atoms with Crippen LogP contribution in [0.2, 0.25) is 0 Å². The van der Waals surface area contributed by atoms with E-state index in [1.165, 1.54) is 11.3 Å². The van der Waals surface area contributed by atoms with E-state index in [-0.39, 0.29) is 5.92 Å². The van der Waals surface area contributed by atoms with E-state index in [2.05, 4.69) is 51.1 Å². The molecule has 0 saturated carbocycles. The summed E-state index contributed by atoms with van der Waals surface area (Å²) in [6.45, 7) is 6.44. The van der Waals surface area contributed by atoms with E-state index in [4.69, 9.17) is 4.74 Å². The van der Waals surface area contributed by atoms with Crippen molar-refractivity contribution in [3.8, 4) is 5.75 Å². The van der Waals surface area contributed by atoms with Crippen molar-refractivity contribution >= 4 is 11.6 Å². The maximum atomic E-state index is 13.0. The summed E-state index contributed by atoms with van der Waals surface area (Å²) in [6, 6.07) is 18.8. The van der Waals surface area contributed by atoms with Gasteiger partial charge in [-0.15, -0.1) is 0 Å². The first-order chi connectivity index (χ1) is 14.2. The number of amides is 1. The second-order valence-corrected chi connectivity index (χ2v) is 8.05. The zero-order valence-electron chi connectivity index (χ0n) is 17.3. The third-order valence-electron chi connectivity index (χ3n) is 6.21. The van der Waals surface area contributed by atoms with Crippen molar-refractivity contribution in [2.75, 3.05) is 51.3 Å². The first-order valence-corrected chi connectivity index (χ1v) is 10.7. The predicted octanol–water partition coefficient (Wildman–Crippen LogP) is 3.26. The first-order valence-electron chi connectivity index (χ1n) is 10.7. The number of ether oxygens (including phenoxy) is 1. The molecule has 2 saturated heterocycles. The Bertz CT molecular complexity index is 778. The van der Waals surface area contributed by atoms with E-state index in [9.17, 15) is 4.79 Å². The molecule has 0 aromatic heterocycles. The van der Waals surface area contributed by atoms with Gasteiger partial charge in [-0.3, -0.25) is 9.69 Å². The fourth-order valence-electron chi connectivity index (χ4n) is 4.41. The van der Waals surface area contributed by atoms with Crippen molar-refractivity contribution in [2.24, 2.45) is 5.92 Å². The van der Waals surface area contributed by atoms with E-state index in [1.54, 1.807) is 7.11 Å². The van der Waals surface area contributed by atoms with Crippen LogP contribution in [0.4, 0.5) is 5.69 Å². The number of methoxy groups -OCH3 is 1. The normalized spacial score (nSPS) is 18.7. The zero-order valence-corrected chi connectivity index (χ0v) is 17.3. The highest BCUT2D eigenvalue weighted by molar-refractivity contribution is 5.79. The summed E-state index contributed by atoms with van der Waals surface area (Å²) < 4.78 is 5.23. The average molecular weight is 394 g/mol. The third-order valence-corrected chi connectivity index (χ3v) is 6.21. The molecule has 2 aromatic rings. The number of carbonyl (C=O) groups is 1. The number of piperidine rings is 1. The van der Waals surface area contributed by atoms with Crippen LogP contribution >= 0.6 is 0 Å². The Morgan fingerprint density at radius 1 is 0.897 bits per heavy atom. The van der Waals surface area contributed by atoms with E-state index in [1.807, 2.05) is 18.2 Å². The van der Waals surface area contributed by atoms with Gasteiger partial charge in [0, 0.05) is 44.3 Å². The number of anilines is 1. The van der Waals surface area contributed by atoms with Gasteiger partial charge in [0.25, 0.3) is 0 Å². The molecular formula is C24H31N3O2. The van der Waals surface area contributed by atoms with E-state index in [0.717, 1.165) is 64.4 Å². The molecule has 0 bridgehead atoms. The molecule has 2 aliphatic rings. The van der Waals surface area contributed by atoms with Crippen LogP contribution in [0, 0.1) is 5.92 Å². The topological polar surface area (TPSA) is 36.0 Å². The molecule has 5 nitrogen and oxygen atoms in total. The van der Waals surface area contributed by atoms with Crippen molar-refractivity contribution in [3.63, 3.8) is 0 Å². The van der Waals surface area contributed by atoms with Gasteiger partial charge in [-0.1, -0.05) is 30.3 Å². The summed E-state index contributed by atoms with van der Waals surface area (Å²) in [6.07, 6.45) is 1.93. The van der Waals surface area contributed by atoms with Crippen molar-refractivity contribution < 1.29 is 9.53 Å². The fraction of sp³-hybridized carbons (Fsp3) is 0.458. The molecule has 29 heavy (non-hydrogen) atoms. The van der Waals surface area contributed by atoms with Crippen LogP contribution in [0.3, 0.4) is 0 Å². The number of hydrogen-bond acceptors (Lipinski definition) is 4. The van der Waals surface area contributed by atoms with Crippen LogP contribution in [0.5, 0.6) is 5.75 Å². The smallest absolute Gasteiger partial charge is 0.225 e. The Balaban J connectivity index is 1.23. The molecule has 0 unspecified atom stereocenters. The molecule has 4 rings (SSSR count). The lowest BCUT2D eigenvalue weighted by Gasteiger charge is -2.39. The fourth-order valence-corrected chi connectivity index (χ4v) is 4.41. The molecule has 2 fully saturated rings. The van der Waals surface area contributed by atoms with Crippen molar-refractivity contribution in [1.82, 2.24) is 9.80 Å². The molecule has 0 atom stereocenters. The van der Waals surface area contributed by atoms with Crippen molar-refractivity contribution in [1.29, 1.82) is 0 Å².